The van der Waals surface area contributed by atoms with Crippen LogP contribution >= 0.6 is 0 Å². The molecule has 0 saturated carbocycles. The Balaban J connectivity index is 3.47. The van der Waals surface area contributed by atoms with Crippen LogP contribution in [0.4, 0.5) is 26.3 Å². The van der Waals surface area contributed by atoms with Crippen LogP contribution in [0.2, 0.25) is 0 Å². The SMILES string of the molecule is CCNC(C(=O)O)c1cc(C(F)(F)F)cc(C(F)(F)F)c1. The molecule has 118 valence electrons. The third-order valence-electron chi connectivity index (χ3n) is 2.60. The highest BCUT2D eigenvalue weighted by Gasteiger charge is 2.38. The fourth-order valence-corrected chi connectivity index (χ4v) is 1.70. The Morgan fingerprint density at radius 1 is 1.10 bits per heavy atom. The number of carboxylic acids is 1. The van der Waals surface area contributed by atoms with E-state index in [-0.39, 0.29) is 12.6 Å². The number of benzene rings is 1. The normalized spacial score (nSPS) is 14.0. The monoisotopic (exact) mass is 315 g/mol. The summed E-state index contributed by atoms with van der Waals surface area (Å²) < 4.78 is 75.9. The molecular formula is C12H11F6NO2. The van der Waals surface area contributed by atoms with Crippen LogP contribution in [0.15, 0.2) is 18.2 Å². The van der Waals surface area contributed by atoms with Gasteiger partial charge in [-0.3, -0.25) is 4.79 Å². The summed E-state index contributed by atoms with van der Waals surface area (Å²) in [5.74, 6) is -1.57. The van der Waals surface area contributed by atoms with Gasteiger partial charge in [0.15, 0.2) is 0 Å². The Morgan fingerprint density at radius 3 is 1.81 bits per heavy atom. The zero-order valence-electron chi connectivity index (χ0n) is 10.6. The van der Waals surface area contributed by atoms with E-state index < -0.39 is 41.1 Å². The highest BCUT2D eigenvalue weighted by Crippen LogP contribution is 2.37. The minimum absolute atomic E-state index is 0.0473. The number of hydrogen-bond donors (Lipinski definition) is 2. The maximum atomic E-state index is 12.7. The molecule has 1 atom stereocenters. The van der Waals surface area contributed by atoms with Gasteiger partial charge in [0, 0.05) is 0 Å². The van der Waals surface area contributed by atoms with Gasteiger partial charge in [-0.15, -0.1) is 0 Å². The van der Waals surface area contributed by atoms with E-state index in [1.807, 2.05) is 0 Å². The van der Waals surface area contributed by atoms with Gasteiger partial charge in [-0.05, 0) is 30.3 Å². The van der Waals surface area contributed by atoms with Crippen molar-refractivity contribution >= 4 is 5.97 Å². The molecule has 0 heterocycles. The molecule has 0 aliphatic heterocycles. The number of carbonyl (C=O) groups is 1. The standard InChI is InChI=1S/C12H11F6NO2/c1-2-19-9(10(20)21)6-3-7(11(13,14)15)5-8(4-6)12(16,17)18/h3-5,9,19H,2H2,1H3,(H,20,21). The van der Waals surface area contributed by atoms with Gasteiger partial charge in [0.1, 0.15) is 6.04 Å². The van der Waals surface area contributed by atoms with E-state index in [0.29, 0.717) is 12.1 Å². The van der Waals surface area contributed by atoms with Gasteiger partial charge >= 0.3 is 18.3 Å². The number of rotatable bonds is 4. The second-order valence-electron chi connectivity index (χ2n) is 4.17. The Labute approximate surface area is 115 Å². The number of halogens is 6. The van der Waals surface area contributed by atoms with Gasteiger partial charge in [0.2, 0.25) is 0 Å². The average Bonchev–Trinajstić information content (AvgIpc) is 2.32. The predicted octanol–water partition coefficient (Wildman–Crippen LogP) is 3.46. The first-order valence-electron chi connectivity index (χ1n) is 5.72. The molecule has 1 rings (SSSR count). The molecule has 0 amide bonds. The van der Waals surface area contributed by atoms with Gasteiger partial charge in [-0.25, -0.2) is 0 Å². The lowest BCUT2D eigenvalue weighted by molar-refractivity contribution is -0.144. The van der Waals surface area contributed by atoms with Crippen molar-refractivity contribution in [2.75, 3.05) is 6.54 Å². The fourth-order valence-electron chi connectivity index (χ4n) is 1.70. The summed E-state index contributed by atoms with van der Waals surface area (Å²) in [6.45, 7) is 1.54. The van der Waals surface area contributed by atoms with Crippen molar-refractivity contribution in [3.63, 3.8) is 0 Å². The van der Waals surface area contributed by atoms with Gasteiger partial charge in [-0.1, -0.05) is 6.92 Å². The van der Waals surface area contributed by atoms with Gasteiger partial charge in [-0.2, -0.15) is 26.3 Å². The molecule has 0 aliphatic rings. The van der Waals surface area contributed by atoms with Gasteiger partial charge in [0.25, 0.3) is 0 Å². The van der Waals surface area contributed by atoms with E-state index in [4.69, 9.17) is 5.11 Å². The van der Waals surface area contributed by atoms with E-state index in [1.165, 1.54) is 6.92 Å². The summed E-state index contributed by atoms with van der Waals surface area (Å²) in [4.78, 5) is 11.0. The lowest BCUT2D eigenvalue weighted by Gasteiger charge is -2.18. The van der Waals surface area contributed by atoms with Crippen molar-refractivity contribution in [1.29, 1.82) is 0 Å². The Bertz CT molecular complexity index is 491. The van der Waals surface area contributed by atoms with Crippen molar-refractivity contribution in [1.82, 2.24) is 5.32 Å². The van der Waals surface area contributed by atoms with Crippen LogP contribution in [0.1, 0.15) is 29.7 Å². The molecule has 2 N–H and O–H groups in total. The van der Waals surface area contributed by atoms with Crippen molar-refractivity contribution in [2.24, 2.45) is 0 Å². The maximum Gasteiger partial charge on any atom is 0.416 e. The lowest BCUT2D eigenvalue weighted by Crippen LogP contribution is -2.29. The summed E-state index contributed by atoms with van der Waals surface area (Å²) in [6, 6.07) is -0.903. The van der Waals surface area contributed by atoms with E-state index in [9.17, 15) is 31.1 Å². The number of aliphatic carboxylic acids is 1. The maximum absolute atomic E-state index is 12.7. The fraction of sp³-hybridized carbons (Fsp3) is 0.417. The highest BCUT2D eigenvalue weighted by molar-refractivity contribution is 5.75. The number of nitrogens with one attached hydrogen (secondary N) is 1. The zero-order chi connectivity index (χ0) is 16.4. The molecule has 1 unspecified atom stereocenters. The number of carboxylic acid groups (broad SMARTS) is 1. The van der Waals surface area contributed by atoms with Crippen LogP contribution in [-0.4, -0.2) is 17.6 Å². The van der Waals surface area contributed by atoms with Gasteiger partial charge in [0.05, 0.1) is 11.1 Å². The smallest absolute Gasteiger partial charge is 0.416 e. The van der Waals surface area contributed by atoms with Crippen LogP contribution in [0.3, 0.4) is 0 Å². The summed E-state index contributed by atoms with van der Waals surface area (Å²) in [5.41, 5.74) is -3.69. The van der Waals surface area contributed by atoms with Crippen LogP contribution in [0.25, 0.3) is 0 Å². The zero-order valence-corrected chi connectivity index (χ0v) is 10.6. The Hall–Kier alpha value is -1.77. The van der Waals surface area contributed by atoms with Crippen molar-refractivity contribution in [3.8, 4) is 0 Å². The molecule has 0 saturated heterocycles. The van der Waals surface area contributed by atoms with Crippen LogP contribution in [0.5, 0.6) is 0 Å². The Morgan fingerprint density at radius 2 is 1.52 bits per heavy atom. The van der Waals surface area contributed by atoms with Gasteiger partial charge < -0.3 is 10.4 Å². The van der Waals surface area contributed by atoms with E-state index in [1.54, 1.807) is 0 Å². The molecule has 0 bridgehead atoms. The molecule has 0 spiro atoms. The summed E-state index contributed by atoms with van der Waals surface area (Å²) in [5, 5.41) is 11.2. The van der Waals surface area contributed by atoms with E-state index in [2.05, 4.69) is 5.32 Å². The first-order chi connectivity index (χ1) is 9.46. The Kier molecular flexibility index (Phi) is 4.87. The van der Waals surface area contributed by atoms with Crippen LogP contribution in [-0.2, 0) is 17.1 Å². The molecule has 3 nitrogen and oxygen atoms in total. The highest BCUT2D eigenvalue weighted by atomic mass is 19.4. The summed E-state index contributed by atoms with van der Waals surface area (Å²) in [7, 11) is 0. The predicted molar refractivity (Wildman–Crippen MR) is 60.5 cm³/mol. The molecule has 1 aromatic rings. The minimum atomic E-state index is -5.01. The largest absolute Gasteiger partial charge is 0.480 e. The number of hydrogen-bond acceptors (Lipinski definition) is 2. The van der Waals surface area contributed by atoms with E-state index in [0.717, 1.165) is 0 Å². The first-order valence-corrected chi connectivity index (χ1v) is 5.72. The van der Waals surface area contributed by atoms with Crippen LogP contribution < -0.4 is 5.32 Å². The second-order valence-corrected chi connectivity index (χ2v) is 4.17. The van der Waals surface area contributed by atoms with Crippen molar-refractivity contribution < 1.29 is 36.2 Å². The quantitative estimate of drug-likeness (QED) is 0.837. The minimum Gasteiger partial charge on any atom is -0.480 e. The number of likely N-dealkylation sites (N-methyl/N-ethyl adjacent to an activating group) is 1. The van der Waals surface area contributed by atoms with E-state index >= 15 is 0 Å². The molecular weight excluding hydrogens is 304 g/mol. The molecule has 9 heteroatoms. The van der Waals surface area contributed by atoms with Crippen molar-refractivity contribution in [3.05, 3.63) is 34.9 Å². The lowest BCUT2D eigenvalue weighted by atomic mass is 9.99. The summed E-state index contributed by atoms with van der Waals surface area (Å²) in [6.07, 6.45) is -10.0. The molecule has 0 radical (unpaired) electrons. The average molecular weight is 315 g/mol. The topological polar surface area (TPSA) is 49.3 Å². The third-order valence-corrected chi connectivity index (χ3v) is 2.60. The van der Waals surface area contributed by atoms with Crippen molar-refractivity contribution in [2.45, 2.75) is 25.3 Å². The third kappa shape index (κ3) is 4.35. The first kappa shape index (κ1) is 17.3. The molecule has 21 heavy (non-hydrogen) atoms. The number of alkyl halides is 6. The summed E-state index contributed by atoms with van der Waals surface area (Å²) >= 11 is 0. The molecule has 0 aromatic heterocycles. The van der Waals surface area contributed by atoms with Crippen LogP contribution in [0, 0.1) is 0 Å². The second kappa shape index (κ2) is 5.92. The molecule has 0 fully saturated rings. The molecule has 1 aromatic carbocycles. The molecule has 0 aliphatic carbocycles.